The fraction of sp³-hybridized carbons (Fsp3) is 0.812. The summed E-state index contributed by atoms with van der Waals surface area (Å²) in [6.45, 7) is 0.956. The van der Waals surface area contributed by atoms with Crippen LogP contribution >= 0.6 is 0 Å². The van der Waals surface area contributed by atoms with Gasteiger partial charge in [-0.1, -0.05) is 0 Å². The Balaban J connectivity index is 6.59. The lowest BCUT2D eigenvalue weighted by Gasteiger charge is -2.43. The first-order chi connectivity index (χ1) is 18.5. The minimum Gasteiger partial charge on any atom is -0.458 e. The summed E-state index contributed by atoms with van der Waals surface area (Å²) in [5.74, 6) is -74.0. The summed E-state index contributed by atoms with van der Waals surface area (Å²) in [4.78, 5) is 33.0. The second kappa shape index (κ2) is 11.6. The topological polar surface area (TPSA) is 78.9 Å². The first kappa shape index (κ1) is 40.2. The molecule has 0 aromatic carbocycles. The van der Waals surface area contributed by atoms with Gasteiger partial charge in [0.05, 0.1) is 0 Å². The van der Waals surface area contributed by atoms with Crippen LogP contribution in [0.15, 0.2) is 0 Å². The van der Waals surface area contributed by atoms with Crippen LogP contribution in [0.4, 0.5) is 87.8 Å². The van der Waals surface area contributed by atoms with E-state index in [1.54, 1.807) is 0 Å². The summed E-state index contributed by atoms with van der Waals surface area (Å²) in [6, 6.07) is 0. The van der Waals surface area contributed by atoms with Crippen molar-refractivity contribution in [2.45, 2.75) is 80.0 Å². The van der Waals surface area contributed by atoms with E-state index in [9.17, 15) is 102 Å². The van der Waals surface area contributed by atoms with Crippen LogP contribution in [0, 0.1) is 0 Å². The Morgan fingerprint density at radius 2 is 0.837 bits per heavy atom. The molecule has 254 valence electrons. The molecule has 0 spiro atoms. The highest BCUT2D eigenvalue weighted by Crippen LogP contribution is 2.64. The largest absolute Gasteiger partial charge is 0.689 e. The van der Waals surface area contributed by atoms with Crippen molar-refractivity contribution in [3.05, 3.63) is 0 Å². The summed E-state index contributed by atoms with van der Waals surface area (Å²) in [6.07, 6.45) is -17.8. The smallest absolute Gasteiger partial charge is 0.458 e. The van der Waals surface area contributed by atoms with E-state index in [0.717, 1.165) is 0 Å². The van der Waals surface area contributed by atoms with Crippen molar-refractivity contribution in [2.75, 3.05) is 0 Å². The third-order valence-corrected chi connectivity index (χ3v) is 6.07. The normalized spacial score (nSPS) is 15.7. The fourth-order valence-corrected chi connectivity index (χ4v) is 3.36. The molecule has 0 rings (SSSR count). The zero-order valence-electron chi connectivity index (χ0n) is 19.9. The first-order valence-electron chi connectivity index (χ1n) is 9.78. The molecule has 0 bridgehead atoms. The predicted molar refractivity (Wildman–Crippen MR) is 91.9 cm³/mol. The molecule has 0 radical (unpaired) electrons. The highest BCUT2D eigenvalue weighted by atomic mass is 28.3. The van der Waals surface area contributed by atoms with Gasteiger partial charge in [0.1, 0.15) is 6.42 Å². The van der Waals surface area contributed by atoms with E-state index in [1.165, 1.54) is 0 Å². The lowest BCUT2D eigenvalue weighted by Crippen LogP contribution is -2.75. The molecule has 0 fully saturated rings. The third-order valence-electron chi connectivity index (χ3n) is 4.57. The summed E-state index contributed by atoms with van der Waals surface area (Å²) in [5.41, 5.74) is 0. The first-order valence-corrected chi connectivity index (χ1v) is 11.2. The SMILES string of the molecule is CC(=O)O[SiH](OC(C)=O)OC(=O)CC(F)(F)C(F)C(F)(F)C(F)(F)C(F)(F)C(F)(F)C(F)(F)C(F)(F)C(F)(F)C(F)(F)F. The predicted octanol–water partition coefficient (Wildman–Crippen LogP) is 5.75. The molecule has 0 aromatic rings. The van der Waals surface area contributed by atoms with Gasteiger partial charge >= 0.3 is 63.1 Å². The van der Waals surface area contributed by atoms with Crippen molar-refractivity contribution in [1.82, 2.24) is 0 Å². The van der Waals surface area contributed by atoms with Gasteiger partial charge in [-0.05, 0) is 0 Å². The fourth-order valence-electron chi connectivity index (χ4n) is 2.37. The molecule has 0 amide bonds. The Bertz CT molecular complexity index is 1040. The Morgan fingerprint density at radius 3 is 1.14 bits per heavy atom. The standard InChI is InChI=1S/C16H10F20O6Si/c1-4(37)40-43(41-5(2)38)42-6(39)3-8(18,19)7(17)9(20,21)10(22,23)11(24,25)12(26,27)13(28,29)14(30,31)15(32,33)16(34,35)36/h7,43H,3H2,1-2H3. The molecule has 0 heterocycles. The summed E-state index contributed by atoms with van der Waals surface area (Å²) < 4.78 is 278. The van der Waals surface area contributed by atoms with E-state index in [4.69, 9.17) is 0 Å². The van der Waals surface area contributed by atoms with Crippen LogP contribution < -0.4 is 0 Å². The van der Waals surface area contributed by atoms with E-state index in [0.29, 0.717) is 13.8 Å². The van der Waals surface area contributed by atoms with Crippen LogP contribution in [-0.2, 0) is 27.7 Å². The summed E-state index contributed by atoms with van der Waals surface area (Å²) in [7, 11) is -4.57. The molecular weight excluding hydrogens is 696 g/mol. The molecule has 0 aliphatic heterocycles. The Kier molecular flexibility index (Phi) is 10.9. The number of hydrogen-bond acceptors (Lipinski definition) is 6. The Labute approximate surface area is 224 Å². The van der Waals surface area contributed by atoms with Crippen molar-refractivity contribution >= 4 is 27.4 Å². The monoisotopic (exact) mass is 706 g/mol. The highest BCUT2D eigenvalue weighted by Gasteiger charge is 2.96. The van der Waals surface area contributed by atoms with Crippen molar-refractivity contribution in [3.63, 3.8) is 0 Å². The number of carbonyl (C=O) groups excluding carboxylic acids is 3. The average molecular weight is 706 g/mol. The number of hydrogen-bond donors (Lipinski definition) is 0. The molecule has 6 nitrogen and oxygen atoms in total. The van der Waals surface area contributed by atoms with Crippen molar-refractivity contribution in [2.24, 2.45) is 0 Å². The van der Waals surface area contributed by atoms with Gasteiger partial charge in [-0.3, -0.25) is 14.4 Å². The van der Waals surface area contributed by atoms with Crippen LogP contribution in [0.2, 0.25) is 0 Å². The van der Waals surface area contributed by atoms with Crippen molar-refractivity contribution in [1.29, 1.82) is 0 Å². The lowest BCUT2D eigenvalue weighted by atomic mass is 9.86. The number of carbonyl (C=O) groups is 3. The molecular formula is C16H10F20O6Si. The average Bonchev–Trinajstić information content (AvgIpc) is 2.75. The molecule has 0 aromatic heterocycles. The van der Waals surface area contributed by atoms with Crippen LogP contribution in [0.1, 0.15) is 20.3 Å². The molecule has 0 saturated heterocycles. The number of halogens is 20. The van der Waals surface area contributed by atoms with Gasteiger partial charge in [-0.2, -0.15) is 74.6 Å². The molecule has 0 aliphatic rings. The van der Waals surface area contributed by atoms with Gasteiger partial charge in [0.15, 0.2) is 0 Å². The quantitative estimate of drug-likeness (QED) is 0.180. The molecule has 43 heavy (non-hydrogen) atoms. The zero-order chi connectivity index (χ0) is 35.2. The second-order valence-corrected chi connectivity index (χ2v) is 9.15. The third kappa shape index (κ3) is 6.83. The zero-order valence-corrected chi connectivity index (χ0v) is 21.0. The van der Waals surface area contributed by atoms with Gasteiger partial charge in [-0.15, -0.1) is 0 Å². The van der Waals surface area contributed by atoms with Crippen LogP contribution in [0.5, 0.6) is 0 Å². The second-order valence-electron chi connectivity index (χ2n) is 7.86. The van der Waals surface area contributed by atoms with E-state index < -0.39 is 93.6 Å². The van der Waals surface area contributed by atoms with E-state index >= 15 is 0 Å². The van der Waals surface area contributed by atoms with E-state index in [-0.39, 0.29) is 0 Å². The van der Waals surface area contributed by atoms with Gasteiger partial charge in [0.25, 0.3) is 17.9 Å². The van der Waals surface area contributed by atoms with Gasteiger partial charge < -0.3 is 13.3 Å². The van der Waals surface area contributed by atoms with Crippen molar-refractivity contribution < 1.29 is 115 Å². The molecule has 0 saturated carbocycles. The summed E-state index contributed by atoms with van der Waals surface area (Å²) >= 11 is 0. The van der Waals surface area contributed by atoms with E-state index in [1.807, 2.05) is 0 Å². The molecule has 0 aliphatic carbocycles. The van der Waals surface area contributed by atoms with Crippen LogP contribution in [-0.4, -0.2) is 87.2 Å². The minimum absolute atomic E-state index is 0.478. The molecule has 27 heteroatoms. The molecule has 0 N–H and O–H groups in total. The Morgan fingerprint density at radius 1 is 0.535 bits per heavy atom. The summed E-state index contributed by atoms with van der Waals surface area (Å²) in [5, 5.41) is 0. The van der Waals surface area contributed by atoms with Crippen LogP contribution in [0.3, 0.4) is 0 Å². The van der Waals surface area contributed by atoms with Gasteiger partial charge in [-0.25, -0.2) is 13.2 Å². The van der Waals surface area contributed by atoms with Crippen molar-refractivity contribution in [3.8, 4) is 0 Å². The maximum absolute atomic E-state index is 13.9. The Hall–Kier alpha value is -2.77. The number of alkyl halides is 20. The van der Waals surface area contributed by atoms with Crippen LogP contribution in [0.25, 0.3) is 0 Å². The number of rotatable bonds is 13. The minimum atomic E-state index is -9.15. The highest BCUT2D eigenvalue weighted by molar-refractivity contribution is 6.43. The van der Waals surface area contributed by atoms with E-state index in [2.05, 4.69) is 13.3 Å². The maximum Gasteiger partial charge on any atom is 0.689 e. The molecule has 1 atom stereocenters. The molecule has 1 unspecified atom stereocenters. The van der Waals surface area contributed by atoms with Gasteiger partial charge in [0, 0.05) is 13.8 Å². The lowest BCUT2D eigenvalue weighted by molar-refractivity contribution is -0.464. The van der Waals surface area contributed by atoms with Gasteiger partial charge in [0.2, 0.25) is 6.17 Å². The maximum atomic E-state index is 13.9.